The lowest BCUT2D eigenvalue weighted by molar-refractivity contribution is 0.0902. The van der Waals surface area contributed by atoms with E-state index in [-0.39, 0.29) is 16.7 Å². The molecule has 2 aliphatic rings. The highest BCUT2D eigenvalue weighted by Crippen LogP contribution is 2.51. The van der Waals surface area contributed by atoms with Crippen LogP contribution in [0, 0.1) is 6.92 Å². The predicted molar refractivity (Wildman–Crippen MR) is 96.6 cm³/mol. The monoisotopic (exact) mass is 378 g/mol. The van der Waals surface area contributed by atoms with Gasteiger partial charge in [0.2, 0.25) is 11.5 Å². The summed E-state index contributed by atoms with van der Waals surface area (Å²) in [6, 6.07) is 7.97. The van der Waals surface area contributed by atoms with Gasteiger partial charge in [0.25, 0.3) is 5.91 Å². The lowest BCUT2D eigenvalue weighted by Gasteiger charge is -2.43. The zero-order valence-corrected chi connectivity index (χ0v) is 14.5. The van der Waals surface area contributed by atoms with Gasteiger partial charge < -0.3 is 30.4 Å². The van der Waals surface area contributed by atoms with Crippen molar-refractivity contribution in [2.75, 3.05) is 5.32 Å². The molecule has 1 spiro atoms. The molecular formula is C20H14N2O6. The van der Waals surface area contributed by atoms with Crippen molar-refractivity contribution in [1.82, 2.24) is 5.32 Å². The SMILES string of the molecule is Cc1occ2c1C(=O)c1c(cc(O)c(O)c1O)C21NC(=O)c2ccccc2N1. The topological polar surface area (TPSA) is 132 Å². The van der Waals surface area contributed by atoms with Crippen LogP contribution in [0.3, 0.4) is 0 Å². The van der Waals surface area contributed by atoms with Gasteiger partial charge in [-0.25, -0.2) is 0 Å². The first kappa shape index (κ1) is 16.2. The molecule has 8 heteroatoms. The molecule has 140 valence electrons. The summed E-state index contributed by atoms with van der Waals surface area (Å²) in [5.74, 6) is -2.89. The molecule has 0 fully saturated rings. The summed E-state index contributed by atoms with van der Waals surface area (Å²) < 4.78 is 5.45. The van der Waals surface area contributed by atoms with E-state index in [1.54, 1.807) is 31.2 Å². The van der Waals surface area contributed by atoms with Crippen LogP contribution >= 0.6 is 0 Å². The lowest BCUT2D eigenvalue weighted by Crippen LogP contribution is -2.58. The molecule has 1 aromatic heterocycles. The molecule has 5 N–H and O–H groups in total. The second kappa shape index (κ2) is 5.07. The lowest BCUT2D eigenvalue weighted by atomic mass is 9.76. The van der Waals surface area contributed by atoms with E-state index in [1.165, 1.54) is 6.26 Å². The molecule has 2 heterocycles. The van der Waals surface area contributed by atoms with Crippen molar-refractivity contribution in [3.63, 3.8) is 0 Å². The van der Waals surface area contributed by atoms with Gasteiger partial charge in [0.15, 0.2) is 17.2 Å². The van der Waals surface area contributed by atoms with Crippen LogP contribution < -0.4 is 10.6 Å². The predicted octanol–water partition coefficient (Wildman–Crippen LogP) is 2.31. The zero-order valence-electron chi connectivity index (χ0n) is 14.5. The summed E-state index contributed by atoms with van der Waals surface area (Å²) in [5, 5.41) is 36.5. The normalized spacial score (nSPS) is 19.5. The summed E-state index contributed by atoms with van der Waals surface area (Å²) >= 11 is 0. The number of fused-ring (bicyclic) bond motifs is 5. The van der Waals surface area contributed by atoms with E-state index in [1.807, 2.05) is 0 Å². The minimum atomic E-state index is -1.48. The summed E-state index contributed by atoms with van der Waals surface area (Å²) in [7, 11) is 0. The number of benzene rings is 2. The Hall–Kier alpha value is -3.94. The van der Waals surface area contributed by atoms with E-state index in [9.17, 15) is 24.9 Å². The number of aromatic hydroxyl groups is 3. The number of anilines is 1. The number of carbonyl (C=O) groups is 2. The van der Waals surface area contributed by atoms with Gasteiger partial charge in [-0.1, -0.05) is 12.1 Å². The van der Waals surface area contributed by atoms with Gasteiger partial charge in [-0.05, 0) is 25.1 Å². The number of hydrogen-bond acceptors (Lipinski definition) is 7. The molecule has 1 atom stereocenters. The van der Waals surface area contributed by atoms with Crippen molar-refractivity contribution in [3.05, 3.63) is 70.2 Å². The van der Waals surface area contributed by atoms with Crippen molar-refractivity contribution >= 4 is 17.4 Å². The van der Waals surface area contributed by atoms with Crippen LogP contribution in [-0.2, 0) is 5.66 Å². The van der Waals surface area contributed by atoms with Gasteiger partial charge in [-0.2, -0.15) is 0 Å². The van der Waals surface area contributed by atoms with Gasteiger partial charge in [-0.15, -0.1) is 0 Å². The molecule has 0 saturated carbocycles. The highest BCUT2D eigenvalue weighted by molar-refractivity contribution is 6.17. The van der Waals surface area contributed by atoms with Crippen molar-refractivity contribution in [2.24, 2.45) is 0 Å². The molecule has 1 aliphatic carbocycles. The minimum absolute atomic E-state index is 0.0986. The third-order valence-corrected chi connectivity index (χ3v) is 5.29. The van der Waals surface area contributed by atoms with Gasteiger partial charge >= 0.3 is 0 Å². The fourth-order valence-electron chi connectivity index (χ4n) is 3.98. The van der Waals surface area contributed by atoms with Crippen molar-refractivity contribution in [1.29, 1.82) is 0 Å². The maximum absolute atomic E-state index is 13.1. The van der Waals surface area contributed by atoms with Crippen LogP contribution in [0.4, 0.5) is 5.69 Å². The summed E-state index contributed by atoms with van der Waals surface area (Å²) in [6.07, 6.45) is 1.35. The van der Waals surface area contributed by atoms with Gasteiger partial charge in [0.1, 0.15) is 5.76 Å². The van der Waals surface area contributed by atoms with Crippen LogP contribution in [0.2, 0.25) is 0 Å². The average molecular weight is 378 g/mol. The first-order chi connectivity index (χ1) is 13.3. The largest absolute Gasteiger partial charge is 0.504 e. The molecule has 8 nitrogen and oxygen atoms in total. The van der Waals surface area contributed by atoms with Crippen LogP contribution in [-0.4, -0.2) is 27.0 Å². The van der Waals surface area contributed by atoms with E-state index in [2.05, 4.69) is 10.6 Å². The number of para-hydroxylation sites is 1. The molecule has 28 heavy (non-hydrogen) atoms. The smallest absolute Gasteiger partial charge is 0.255 e. The third-order valence-electron chi connectivity index (χ3n) is 5.29. The van der Waals surface area contributed by atoms with Crippen LogP contribution in [0.15, 0.2) is 41.0 Å². The van der Waals surface area contributed by atoms with E-state index >= 15 is 0 Å². The highest BCUT2D eigenvalue weighted by Gasteiger charge is 2.51. The molecular weight excluding hydrogens is 364 g/mol. The number of amides is 1. The molecule has 0 radical (unpaired) electrons. The van der Waals surface area contributed by atoms with Gasteiger partial charge in [0.05, 0.1) is 28.5 Å². The number of aryl methyl sites for hydroxylation is 1. The molecule has 0 bridgehead atoms. The molecule has 1 amide bonds. The van der Waals surface area contributed by atoms with Crippen LogP contribution in [0.25, 0.3) is 0 Å². The maximum atomic E-state index is 13.1. The van der Waals surface area contributed by atoms with Crippen molar-refractivity contribution in [3.8, 4) is 17.2 Å². The molecule has 3 aromatic rings. The summed E-state index contributed by atoms with van der Waals surface area (Å²) in [5.41, 5.74) is -0.190. The van der Waals surface area contributed by atoms with E-state index < -0.39 is 34.6 Å². The number of nitrogens with one attached hydrogen (secondary N) is 2. The number of ketones is 1. The van der Waals surface area contributed by atoms with Crippen LogP contribution in [0.1, 0.15) is 43.2 Å². The number of hydrogen-bond donors (Lipinski definition) is 5. The van der Waals surface area contributed by atoms with E-state index in [0.717, 1.165) is 6.07 Å². The third kappa shape index (κ3) is 1.78. The standard InChI is InChI=1S/C20H14N2O6/c1-8-14-11(7-28-8)20(21-12-5-3-2-4-9(12)19(27)22-20)10-6-13(23)16(24)18(26)15(10)17(14)25/h2-7,21,23-24,26H,1H3,(H,22,27). The molecule has 1 aliphatic heterocycles. The second-order valence-electron chi connectivity index (χ2n) is 6.80. The van der Waals surface area contributed by atoms with Crippen molar-refractivity contribution < 1.29 is 29.3 Å². The number of carbonyl (C=O) groups excluding carboxylic acids is 2. The Morgan fingerprint density at radius 3 is 2.50 bits per heavy atom. The zero-order chi connectivity index (χ0) is 19.8. The average Bonchev–Trinajstić information content (AvgIpc) is 3.07. The number of phenolic OH excluding ortho intramolecular Hbond substituents is 3. The Bertz CT molecular complexity index is 1210. The number of furan rings is 1. The molecule has 2 aromatic carbocycles. The highest BCUT2D eigenvalue weighted by atomic mass is 16.3. The Morgan fingerprint density at radius 1 is 0.964 bits per heavy atom. The first-order valence-electron chi connectivity index (χ1n) is 8.46. The molecule has 5 rings (SSSR count). The maximum Gasteiger partial charge on any atom is 0.255 e. The molecule has 1 unspecified atom stereocenters. The number of phenols is 3. The summed E-state index contributed by atoms with van der Waals surface area (Å²) in [4.78, 5) is 25.9. The second-order valence-corrected chi connectivity index (χ2v) is 6.80. The first-order valence-corrected chi connectivity index (χ1v) is 8.46. The fraction of sp³-hybridized carbons (Fsp3) is 0.100. The Morgan fingerprint density at radius 2 is 1.71 bits per heavy atom. The Labute approximate surface area is 158 Å². The van der Waals surface area contributed by atoms with Gasteiger partial charge in [0, 0.05) is 11.3 Å². The van der Waals surface area contributed by atoms with Crippen molar-refractivity contribution in [2.45, 2.75) is 12.6 Å². The molecule has 0 saturated heterocycles. The van der Waals surface area contributed by atoms with Gasteiger partial charge in [-0.3, -0.25) is 9.59 Å². The Balaban J connectivity index is 1.89. The fourth-order valence-corrected chi connectivity index (χ4v) is 3.98. The Kier molecular flexibility index (Phi) is 2.94. The minimum Gasteiger partial charge on any atom is -0.504 e. The number of rotatable bonds is 0. The quantitative estimate of drug-likeness (QED) is 0.379. The van der Waals surface area contributed by atoms with E-state index in [4.69, 9.17) is 4.42 Å². The van der Waals surface area contributed by atoms with Crippen LogP contribution in [0.5, 0.6) is 17.2 Å². The summed E-state index contributed by atoms with van der Waals surface area (Å²) in [6.45, 7) is 1.59. The van der Waals surface area contributed by atoms with E-state index in [0.29, 0.717) is 22.6 Å².